The molecule has 2 rings (SSSR count). The second-order valence-electron chi connectivity index (χ2n) is 4.80. The van der Waals surface area contributed by atoms with Crippen LogP contribution in [0.25, 0.3) is 11.1 Å². The Hall–Kier alpha value is -1.35. The zero-order valence-corrected chi connectivity index (χ0v) is 10.6. The summed E-state index contributed by atoms with van der Waals surface area (Å²) < 4.78 is 5.74. The van der Waals surface area contributed by atoms with Crippen LogP contribution >= 0.6 is 0 Å². The smallest absolute Gasteiger partial charge is 0.195 e. The van der Waals surface area contributed by atoms with E-state index in [1.807, 2.05) is 12.1 Å². The van der Waals surface area contributed by atoms with E-state index < -0.39 is 0 Å². The van der Waals surface area contributed by atoms with Gasteiger partial charge < -0.3 is 10.2 Å². The molecular formula is C14H20N2O. The highest BCUT2D eigenvalue weighted by molar-refractivity contribution is 5.73. The van der Waals surface area contributed by atoms with Gasteiger partial charge in [0.05, 0.1) is 0 Å². The number of hydrogen-bond donors (Lipinski definition) is 1. The standard InChI is InChI=1S/C14H20N2O/c1-10(7-8-15)4-6-14-16-12-5-3-11(2)9-13(12)17-14/h3,5,9-10H,4,6-8,15H2,1-2H3. The molecule has 3 nitrogen and oxygen atoms in total. The number of nitrogens with two attached hydrogens (primary N) is 1. The third-order valence-corrected chi connectivity index (χ3v) is 3.10. The second kappa shape index (κ2) is 5.32. The fraction of sp³-hybridized carbons (Fsp3) is 0.500. The predicted molar refractivity (Wildman–Crippen MR) is 69.9 cm³/mol. The minimum Gasteiger partial charge on any atom is -0.441 e. The predicted octanol–water partition coefficient (Wildman–Crippen LogP) is 3.05. The van der Waals surface area contributed by atoms with E-state index in [-0.39, 0.29) is 0 Å². The van der Waals surface area contributed by atoms with Crippen LogP contribution in [-0.4, -0.2) is 11.5 Å². The molecule has 1 heterocycles. The SMILES string of the molecule is Cc1ccc2nc(CCC(C)CCN)oc2c1. The third-order valence-electron chi connectivity index (χ3n) is 3.10. The largest absolute Gasteiger partial charge is 0.441 e. The first-order valence-corrected chi connectivity index (χ1v) is 6.25. The van der Waals surface area contributed by atoms with Crippen LogP contribution in [0.5, 0.6) is 0 Å². The van der Waals surface area contributed by atoms with Gasteiger partial charge in [0, 0.05) is 6.42 Å². The Morgan fingerprint density at radius 1 is 1.35 bits per heavy atom. The number of hydrogen-bond acceptors (Lipinski definition) is 3. The first-order valence-electron chi connectivity index (χ1n) is 6.25. The van der Waals surface area contributed by atoms with Crippen molar-refractivity contribution in [2.24, 2.45) is 11.7 Å². The number of nitrogens with zero attached hydrogens (tertiary/aromatic N) is 1. The van der Waals surface area contributed by atoms with Crippen molar-refractivity contribution in [1.82, 2.24) is 4.98 Å². The van der Waals surface area contributed by atoms with E-state index in [1.54, 1.807) is 0 Å². The zero-order chi connectivity index (χ0) is 12.3. The van der Waals surface area contributed by atoms with Gasteiger partial charge in [-0.1, -0.05) is 13.0 Å². The number of oxazole rings is 1. The van der Waals surface area contributed by atoms with Crippen molar-refractivity contribution in [3.05, 3.63) is 29.7 Å². The molecule has 0 fully saturated rings. The van der Waals surface area contributed by atoms with E-state index in [1.165, 1.54) is 5.56 Å². The molecule has 0 aliphatic rings. The van der Waals surface area contributed by atoms with Gasteiger partial charge in [0.1, 0.15) is 5.52 Å². The molecule has 0 radical (unpaired) electrons. The van der Waals surface area contributed by atoms with Gasteiger partial charge in [-0.25, -0.2) is 4.98 Å². The van der Waals surface area contributed by atoms with Crippen LogP contribution in [0.2, 0.25) is 0 Å². The topological polar surface area (TPSA) is 52.0 Å². The van der Waals surface area contributed by atoms with Crippen molar-refractivity contribution in [2.45, 2.75) is 33.1 Å². The minimum atomic E-state index is 0.636. The highest BCUT2D eigenvalue weighted by atomic mass is 16.3. The molecule has 17 heavy (non-hydrogen) atoms. The van der Waals surface area contributed by atoms with Gasteiger partial charge in [0.25, 0.3) is 0 Å². The normalized spacial score (nSPS) is 13.1. The maximum absolute atomic E-state index is 5.74. The second-order valence-corrected chi connectivity index (χ2v) is 4.80. The molecule has 1 atom stereocenters. The van der Waals surface area contributed by atoms with Gasteiger partial charge in [-0.05, 0) is 49.9 Å². The van der Waals surface area contributed by atoms with Crippen LogP contribution in [0.1, 0.15) is 31.2 Å². The monoisotopic (exact) mass is 232 g/mol. The van der Waals surface area contributed by atoms with Crippen molar-refractivity contribution in [3.8, 4) is 0 Å². The van der Waals surface area contributed by atoms with Crippen LogP contribution in [-0.2, 0) is 6.42 Å². The molecule has 0 aliphatic heterocycles. The van der Waals surface area contributed by atoms with E-state index in [9.17, 15) is 0 Å². The van der Waals surface area contributed by atoms with Crippen LogP contribution in [0.3, 0.4) is 0 Å². The first-order chi connectivity index (χ1) is 8.19. The number of rotatable bonds is 5. The minimum absolute atomic E-state index is 0.636. The molecule has 0 bridgehead atoms. The summed E-state index contributed by atoms with van der Waals surface area (Å²) in [5, 5.41) is 0. The highest BCUT2D eigenvalue weighted by Crippen LogP contribution is 2.19. The Kier molecular flexibility index (Phi) is 3.79. The molecule has 2 N–H and O–H groups in total. The summed E-state index contributed by atoms with van der Waals surface area (Å²) >= 11 is 0. The molecule has 1 aromatic heterocycles. The van der Waals surface area contributed by atoms with Crippen LogP contribution < -0.4 is 5.73 Å². The van der Waals surface area contributed by atoms with Crippen molar-refractivity contribution in [3.63, 3.8) is 0 Å². The van der Waals surface area contributed by atoms with Crippen molar-refractivity contribution in [1.29, 1.82) is 0 Å². The number of aromatic nitrogens is 1. The van der Waals surface area contributed by atoms with Crippen molar-refractivity contribution in [2.75, 3.05) is 6.54 Å². The molecule has 0 amide bonds. The molecule has 3 heteroatoms. The Balaban J connectivity index is 2.04. The lowest BCUT2D eigenvalue weighted by atomic mass is 10.0. The maximum atomic E-state index is 5.74. The van der Waals surface area contributed by atoms with Crippen LogP contribution in [0, 0.1) is 12.8 Å². The Labute approximate surface area is 102 Å². The lowest BCUT2D eigenvalue weighted by molar-refractivity contribution is 0.451. The van der Waals surface area contributed by atoms with E-state index in [2.05, 4.69) is 24.9 Å². The van der Waals surface area contributed by atoms with E-state index in [0.29, 0.717) is 5.92 Å². The van der Waals surface area contributed by atoms with Crippen LogP contribution in [0.4, 0.5) is 0 Å². The van der Waals surface area contributed by atoms with E-state index >= 15 is 0 Å². The summed E-state index contributed by atoms with van der Waals surface area (Å²) in [4.78, 5) is 4.49. The van der Waals surface area contributed by atoms with E-state index in [4.69, 9.17) is 10.2 Å². The average Bonchev–Trinajstić information content (AvgIpc) is 2.68. The summed E-state index contributed by atoms with van der Waals surface area (Å²) in [6, 6.07) is 6.11. The number of aryl methyl sites for hydroxylation is 2. The molecule has 0 aliphatic carbocycles. The van der Waals surface area contributed by atoms with Gasteiger partial charge in [0.15, 0.2) is 11.5 Å². The summed E-state index contributed by atoms with van der Waals surface area (Å²) in [6.45, 7) is 5.04. The molecule has 0 spiro atoms. The number of benzene rings is 1. The molecule has 0 saturated carbocycles. The van der Waals surface area contributed by atoms with Gasteiger partial charge in [0.2, 0.25) is 0 Å². The summed E-state index contributed by atoms with van der Waals surface area (Å²) in [5.41, 5.74) is 8.59. The summed E-state index contributed by atoms with van der Waals surface area (Å²) in [7, 11) is 0. The maximum Gasteiger partial charge on any atom is 0.195 e. The quantitative estimate of drug-likeness (QED) is 0.862. The Morgan fingerprint density at radius 3 is 2.94 bits per heavy atom. The van der Waals surface area contributed by atoms with Crippen molar-refractivity contribution >= 4 is 11.1 Å². The first kappa shape index (κ1) is 12.1. The average molecular weight is 232 g/mol. The molecule has 1 unspecified atom stereocenters. The molecule has 92 valence electrons. The molecule has 1 aromatic carbocycles. The molecule has 0 saturated heterocycles. The Morgan fingerprint density at radius 2 is 2.18 bits per heavy atom. The fourth-order valence-electron chi connectivity index (χ4n) is 1.99. The lowest BCUT2D eigenvalue weighted by Crippen LogP contribution is -2.06. The summed E-state index contributed by atoms with van der Waals surface area (Å²) in [5.74, 6) is 1.48. The fourth-order valence-corrected chi connectivity index (χ4v) is 1.99. The summed E-state index contributed by atoms with van der Waals surface area (Å²) in [6.07, 6.45) is 3.05. The third kappa shape index (κ3) is 3.07. The zero-order valence-electron chi connectivity index (χ0n) is 10.6. The van der Waals surface area contributed by atoms with Crippen LogP contribution in [0.15, 0.2) is 22.6 Å². The number of fused-ring (bicyclic) bond motifs is 1. The van der Waals surface area contributed by atoms with Gasteiger partial charge in [-0.15, -0.1) is 0 Å². The van der Waals surface area contributed by atoms with Gasteiger partial charge in [-0.3, -0.25) is 0 Å². The Bertz CT molecular complexity index is 490. The van der Waals surface area contributed by atoms with Gasteiger partial charge in [-0.2, -0.15) is 0 Å². The lowest BCUT2D eigenvalue weighted by Gasteiger charge is -2.06. The van der Waals surface area contributed by atoms with E-state index in [0.717, 1.165) is 42.8 Å². The molecular weight excluding hydrogens is 212 g/mol. The van der Waals surface area contributed by atoms with Gasteiger partial charge >= 0.3 is 0 Å². The van der Waals surface area contributed by atoms with Crippen molar-refractivity contribution < 1.29 is 4.42 Å². The molecule has 2 aromatic rings. The highest BCUT2D eigenvalue weighted by Gasteiger charge is 2.08.